The number of benzene rings is 1. The van der Waals surface area contributed by atoms with Crippen molar-refractivity contribution in [2.75, 3.05) is 6.61 Å². The fourth-order valence-electron chi connectivity index (χ4n) is 1.17. The Morgan fingerprint density at radius 3 is 2.87 bits per heavy atom. The zero-order valence-electron chi connectivity index (χ0n) is 8.87. The standard InChI is InChI=1S/C12H16ClNO/c1-3-4-7-15-12-6-5-10(9(2)14)8-11(12)13/h3,5-6,8-9H,1,4,7,14H2,2H3/t9-/m0/s1. The van der Waals surface area contributed by atoms with Crippen LogP contribution in [0.15, 0.2) is 30.9 Å². The SMILES string of the molecule is C=CCCOc1ccc([C@H](C)N)cc1Cl. The molecule has 0 heterocycles. The number of ether oxygens (including phenoxy) is 1. The summed E-state index contributed by atoms with van der Waals surface area (Å²) in [6, 6.07) is 5.61. The van der Waals surface area contributed by atoms with E-state index in [1.165, 1.54) is 0 Å². The van der Waals surface area contributed by atoms with Gasteiger partial charge in [-0.2, -0.15) is 0 Å². The third-order valence-corrected chi connectivity index (χ3v) is 2.36. The summed E-state index contributed by atoms with van der Waals surface area (Å²) in [6.07, 6.45) is 2.62. The van der Waals surface area contributed by atoms with Crippen molar-refractivity contribution in [2.45, 2.75) is 19.4 Å². The molecule has 0 aliphatic carbocycles. The number of rotatable bonds is 5. The number of hydrogen-bond donors (Lipinski definition) is 1. The summed E-state index contributed by atoms with van der Waals surface area (Å²) in [6.45, 7) is 6.14. The average Bonchev–Trinajstić information content (AvgIpc) is 2.20. The van der Waals surface area contributed by atoms with Crippen molar-refractivity contribution >= 4 is 11.6 Å². The minimum Gasteiger partial charge on any atom is -0.492 e. The molecule has 2 nitrogen and oxygen atoms in total. The van der Waals surface area contributed by atoms with Crippen LogP contribution in [0.4, 0.5) is 0 Å². The van der Waals surface area contributed by atoms with E-state index < -0.39 is 0 Å². The van der Waals surface area contributed by atoms with Crippen molar-refractivity contribution in [3.05, 3.63) is 41.4 Å². The molecule has 3 heteroatoms. The van der Waals surface area contributed by atoms with Gasteiger partial charge in [0.25, 0.3) is 0 Å². The number of halogens is 1. The zero-order chi connectivity index (χ0) is 11.3. The Labute approximate surface area is 95.7 Å². The van der Waals surface area contributed by atoms with Crippen molar-refractivity contribution in [2.24, 2.45) is 5.73 Å². The molecule has 0 bridgehead atoms. The van der Waals surface area contributed by atoms with Crippen LogP contribution in [0.25, 0.3) is 0 Å². The summed E-state index contributed by atoms with van der Waals surface area (Å²) in [5.74, 6) is 0.697. The van der Waals surface area contributed by atoms with Gasteiger partial charge < -0.3 is 10.5 Å². The second kappa shape index (κ2) is 5.79. The van der Waals surface area contributed by atoms with Gasteiger partial charge in [0, 0.05) is 6.04 Å². The predicted molar refractivity (Wildman–Crippen MR) is 64.4 cm³/mol. The molecule has 0 aliphatic rings. The van der Waals surface area contributed by atoms with Gasteiger partial charge in [-0.1, -0.05) is 23.7 Å². The largest absolute Gasteiger partial charge is 0.492 e. The molecule has 1 atom stereocenters. The van der Waals surface area contributed by atoms with Crippen molar-refractivity contribution in [1.82, 2.24) is 0 Å². The Bertz CT molecular complexity index is 336. The van der Waals surface area contributed by atoms with Crippen LogP contribution < -0.4 is 10.5 Å². The van der Waals surface area contributed by atoms with Crippen molar-refractivity contribution in [3.63, 3.8) is 0 Å². The fraction of sp³-hybridized carbons (Fsp3) is 0.333. The Morgan fingerprint density at radius 1 is 1.60 bits per heavy atom. The summed E-state index contributed by atoms with van der Waals surface area (Å²) in [4.78, 5) is 0. The molecule has 82 valence electrons. The lowest BCUT2D eigenvalue weighted by Gasteiger charge is -2.10. The van der Waals surface area contributed by atoms with Gasteiger partial charge in [-0.05, 0) is 31.0 Å². The Morgan fingerprint density at radius 2 is 2.33 bits per heavy atom. The number of hydrogen-bond acceptors (Lipinski definition) is 2. The Balaban J connectivity index is 2.70. The first-order chi connectivity index (χ1) is 7.15. The van der Waals surface area contributed by atoms with Gasteiger partial charge in [0.05, 0.1) is 11.6 Å². The third-order valence-electron chi connectivity index (χ3n) is 2.06. The first-order valence-corrected chi connectivity index (χ1v) is 5.31. The average molecular weight is 226 g/mol. The van der Waals surface area contributed by atoms with Crippen LogP contribution >= 0.6 is 11.6 Å². The maximum atomic E-state index is 6.05. The molecule has 15 heavy (non-hydrogen) atoms. The van der Waals surface area contributed by atoms with E-state index in [4.69, 9.17) is 22.1 Å². The highest BCUT2D eigenvalue weighted by molar-refractivity contribution is 6.32. The minimum absolute atomic E-state index is 0.00951. The molecule has 0 saturated heterocycles. The quantitative estimate of drug-likeness (QED) is 0.616. The monoisotopic (exact) mass is 225 g/mol. The predicted octanol–water partition coefficient (Wildman–Crippen LogP) is 3.31. The van der Waals surface area contributed by atoms with Crippen LogP contribution in [0.2, 0.25) is 5.02 Å². The topological polar surface area (TPSA) is 35.2 Å². The molecule has 0 saturated carbocycles. The van der Waals surface area contributed by atoms with E-state index >= 15 is 0 Å². The van der Waals surface area contributed by atoms with E-state index in [9.17, 15) is 0 Å². The Kier molecular flexibility index (Phi) is 4.66. The van der Waals surface area contributed by atoms with Gasteiger partial charge in [0.15, 0.2) is 0 Å². The van der Waals surface area contributed by atoms with E-state index in [1.807, 2.05) is 31.2 Å². The molecular weight excluding hydrogens is 210 g/mol. The van der Waals surface area contributed by atoms with E-state index in [-0.39, 0.29) is 6.04 Å². The first-order valence-electron chi connectivity index (χ1n) is 4.94. The van der Waals surface area contributed by atoms with Crippen LogP contribution in [-0.2, 0) is 0 Å². The third kappa shape index (κ3) is 3.57. The molecule has 1 aromatic rings. The normalized spacial score (nSPS) is 12.2. The lowest BCUT2D eigenvalue weighted by molar-refractivity contribution is 0.325. The summed E-state index contributed by atoms with van der Waals surface area (Å²) in [5, 5.41) is 0.605. The van der Waals surface area contributed by atoms with Gasteiger partial charge in [-0.25, -0.2) is 0 Å². The van der Waals surface area contributed by atoms with Crippen LogP contribution in [0.5, 0.6) is 5.75 Å². The van der Waals surface area contributed by atoms with E-state index in [1.54, 1.807) is 0 Å². The van der Waals surface area contributed by atoms with Gasteiger partial charge in [-0.15, -0.1) is 6.58 Å². The summed E-state index contributed by atoms with van der Waals surface area (Å²) in [5.41, 5.74) is 6.75. The van der Waals surface area contributed by atoms with Crippen LogP contribution in [0.3, 0.4) is 0 Å². The maximum Gasteiger partial charge on any atom is 0.137 e. The van der Waals surface area contributed by atoms with Crippen LogP contribution in [0, 0.1) is 0 Å². The Hall–Kier alpha value is -0.990. The summed E-state index contributed by atoms with van der Waals surface area (Å²) < 4.78 is 5.47. The maximum absolute atomic E-state index is 6.05. The molecule has 0 aromatic heterocycles. The summed E-state index contributed by atoms with van der Waals surface area (Å²) >= 11 is 6.05. The smallest absolute Gasteiger partial charge is 0.137 e. The second-order valence-electron chi connectivity index (χ2n) is 3.40. The van der Waals surface area contributed by atoms with Crippen LogP contribution in [-0.4, -0.2) is 6.61 Å². The first kappa shape index (κ1) is 12.1. The van der Waals surface area contributed by atoms with E-state index in [2.05, 4.69) is 6.58 Å². The van der Waals surface area contributed by atoms with Crippen LogP contribution in [0.1, 0.15) is 24.9 Å². The molecule has 0 aliphatic heterocycles. The molecule has 1 rings (SSSR count). The molecular formula is C12H16ClNO. The second-order valence-corrected chi connectivity index (χ2v) is 3.81. The fourth-order valence-corrected chi connectivity index (χ4v) is 1.41. The molecule has 0 fully saturated rings. The highest BCUT2D eigenvalue weighted by Gasteiger charge is 2.05. The molecule has 1 aromatic carbocycles. The lowest BCUT2D eigenvalue weighted by Crippen LogP contribution is -2.05. The highest BCUT2D eigenvalue weighted by Crippen LogP contribution is 2.27. The molecule has 0 radical (unpaired) electrons. The van der Waals surface area contributed by atoms with Crippen molar-refractivity contribution in [3.8, 4) is 5.75 Å². The molecule has 2 N–H and O–H groups in total. The van der Waals surface area contributed by atoms with Gasteiger partial charge >= 0.3 is 0 Å². The van der Waals surface area contributed by atoms with Gasteiger partial charge in [0.2, 0.25) is 0 Å². The molecule has 0 spiro atoms. The minimum atomic E-state index is -0.00951. The number of nitrogens with two attached hydrogens (primary N) is 1. The highest BCUT2D eigenvalue weighted by atomic mass is 35.5. The lowest BCUT2D eigenvalue weighted by atomic mass is 10.1. The zero-order valence-corrected chi connectivity index (χ0v) is 9.63. The van der Waals surface area contributed by atoms with E-state index in [0.29, 0.717) is 17.4 Å². The van der Waals surface area contributed by atoms with Gasteiger partial charge in [0.1, 0.15) is 5.75 Å². The molecule has 0 amide bonds. The molecule has 0 unspecified atom stereocenters. The van der Waals surface area contributed by atoms with Gasteiger partial charge in [-0.3, -0.25) is 0 Å². The van der Waals surface area contributed by atoms with Crippen molar-refractivity contribution in [1.29, 1.82) is 0 Å². The van der Waals surface area contributed by atoms with E-state index in [0.717, 1.165) is 12.0 Å². The summed E-state index contributed by atoms with van der Waals surface area (Å²) in [7, 11) is 0. The van der Waals surface area contributed by atoms with Crippen molar-refractivity contribution < 1.29 is 4.74 Å².